The van der Waals surface area contributed by atoms with E-state index in [9.17, 15) is 19.8 Å². The molecule has 42 heavy (non-hydrogen) atoms. The average molecular weight is 583 g/mol. The molecule has 2 fully saturated rings. The number of nitrogens with zero attached hydrogens (tertiary/aromatic N) is 1. The van der Waals surface area contributed by atoms with Crippen molar-refractivity contribution >= 4 is 11.8 Å². The molecule has 0 aromatic heterocycles. The summed E-state index contributed by atoms with van der Waals surface area (Å²) in [5.74, 6) is 1.55. The minimum atomic E-state index is -1.01. The van der Waals surface area contributed by atoms with Crippen molar-refractivity contribution in [3.8, 4) is 5.75 Å². The van der Waals surface area contributed by atoms with Crippen molar-refractivity contribution in [1.29, 1.82) is 0 Å². The highest BCUT2D eigenvalue weighted by molar-refractivity contribution is 5.96. The SMILES string of the molecule is CC(C)[C@H]1CC[C@H](C)C[C@@H]1OCC(=O)N(CC1CCCCC1)[C@@H]1C=C(C(=O)NCCO)[C@@H]2c3ccccc3O[C@@H]2[C@H]1O. The van der Waals surface area contributed by atoms with Crippen molar-refractivity contribution in [2.75, 3.05) is 26.3 Å². The van der Waals surface area contributed by atoms with E-state index in [0.717, 1.165) is 44.1 Å². The van der Waals surface area contributed by atoms with Gasteiger partial charge in [0, 0.05) is 24.2 Å². The molecule has 232 valence electrons. The smallest absolute Gasteiger partial charge is 0.249 e. The molecule has 8 nitrogen and oxygen atoms in total. The third-order valence-electron chi connectivity index (χ3n) is 10.1. The topological polar surface area (TPSA) is 108 Å². The average Bonchev–Trinajstić information content (AvgIpc) is 3.38. The number of amides is 2. The van der Waals surface area contributed by atoms with Crippen LogP contribution in [0.4, 0.5) is 0 Å². The first-order valence-corrected chi connectivity index (χ1v) is 16.2. The van der Waals surface area contributed by atoms with E-state index in [1.807, 2.05) is 24.3 Å². The lowest BCUT2D eigenvalue weighted by Crippen LogP contribution is -2.57. The molecule has 7 atom stereocenters. The van der Waals surface area contributed by atoms with Crippen LogP contribution >= 0.6 is 0 Å². The van der Waals surface area contributed by atoms with E-state index < -0.39 is 24.2 Å². The summed E-state index contributed by atoms with van der Waals surface area (Å²) in [4.78, 5) is 29.3. The second-order valence-electron chi connectivity index (χ2n) is 13.4. The number of fused-ring (bicyclic) bond motifs is 3. The van der Waals surface area contributed by atoms with Crippen LogP contribution in [0.5, 0.6) is 5.75 Å². The van der Waals surface area contributed by atoms with Gasteiger partial charge in [-0.15, -0.1) is 0 Å². The number of hydrogen-bond donors (Lipinski definition) is 3. The van der Waals surface area contributed by atoms with Crippen LogP contribution in [-0.2, 0) is 14.3 Å². The fourth-order valence-electron chi connectivity index (χ4n) is 7.80. The van der Waals surface area contributed by atoms with Crippen molar-refractivity contribution in [3.63, 3.8) is 0 Å². The standard InChI is InChI=1S/C34H50N2O6/c1-21(2)24-14-13-22(3)17-29(24)41-20-30(38)36(19-23-9-5-4-6-10-23)27-18-26(34(40)35-15-16-37)31-25-11-7-8-12-28(25)42-33(31)32(27)39/h7-8,11-12,18,21-24,27,29,31-33,37,39H,4-6,9-10,13-17,19-20H2,1-3H3,(H,35,40)/t22-,24+,27+,29-,31-,32-,33-/m0/s1. The van der Waals surface area contributed by atoms with E-state index in [1.165, 1.54) is 12.8 Å². The van der Waals surface area contributed by atoms with Crippen LogP contribution in [0.3, 0.4) is 0 Å². The Morgan fingerprint density at radius 3 is 2.62 bits per heavy atom. The number of aliphatic hydroxyl groups is 2. The van der Waals surface area contributed by atoms with Crippen LogP contribution in [0.15, 0.2) is 35.9 Å². The van der Waals surface area contributed by atoms with Crippen LogP contribution in [0.1, 0.15) is 83.6 Å². The predicted octanol–water partition coefficient (Wildman–Crippen LogP) is 4.20. The molecule has 1 aromatic rings. The number of hydrogen-bond acceptors (Lipinski definition) is 6. The van der Waals surface area contributed by atoms with Gasteiger partial charge in [-0.25, -0.2) is 0 Å². The summed E-state index contributed by atoms with van der Waals surface area (Å²) in [6.45, 7) is 7.16. The zero-order valence-corrected chi connectivity index (χ0v) is 25.5. The maximum atomic E-state index is 14.1. The molecule has 8 heteroatoms. The number of aliphatic hydroxyl groups excluding tert-OH is 2. The van der Waals surface area contributed by atoms with Crippen LogP contribution in [0, 0.1) is 23.7 Å². The van der Waals surface area contributed by atoms with E-state index in [0.29, 0.717) is 41.5 Å². The highest BCUT2D eigenvalue weighted by atomic mass is 16.5. The first-order valence-electron chi connectivity index (χ1n) is 16.2. The van der Waals surface area contributed by atoms with E-state index in [2.05, 4.69) is 26.1 Å². The van der Waals surface area contributed by atoms with E-state index in [1.54, 1.807) is 11.0 Å². The lowest BCUT2D eigenvalue weighted by molar-refractivity contribution is -0.148. The molecule has 0 unspecified atom stereocenters. The molecule has 3 N–H and O–H groups in total. The third kappa shape index (κ3) is 6.71. The Bertz CT molecular complexity index is 1120. The molecule has 3 aliphatic carbocycles. The molecule has 0 saturated heterocycles. The normalized spacial score (nSPS) is 31.1. The summed E-state index contributed by atoms with van der Waals surface area (Å²) in [5.41, 5.74) is 1.32. The Labute approximate surface area is 250 Å². The highest BCUT2D eigenvalue weighted by Gasteiger charge is 2.50. The van der Waals surface area contributed by atoms with Gasteiger partial charge in [0.1, 0.15) is 24.6 Å². The molecule has 0 spiro atoms. The zero-order chi connectivity index (χ0) is 29.8. The molecule has 0 radical (unpaired) electrons. The molecular weight excluding hydrogens is 532 g/mol. The fourth-order valence-corrected chi connectivity index (χ4v) is 7.80. The minimum absolute atomic E-state index is 0.0361. The summed E-state index contributed by atoms with van der Waals surface area (Å²) < 4.78 is 12.7. The van der Waals surface area contributed by atoms with Gasteiger partial charge in [0.25, 0.3) is 0 Å². The third-order valence-corrected chi connectivity index (χ3v) is 10.1. The molecule has 5 rings (SSSR count). The van der Waals surface area contributed by atoms with Crippen molar-refractivity contribution in [2.24, 2.45) is 23.7 Å². The quantitative estimate of drug-likeness (QED) is 0.382. The van der Waals surface area contributed by atoms with Crippen molar-refractivity contribution in [3.05, 3.63) is 41.5 Å². The number of nitrogens with one attached hydrogen (secondary N) is 1. The van der Waals surface area contributed by atoms with Gasteiger partial charge in [0.05, 0.1) is 24.7 Å². The minimum Gasteiger partial charge on any atom is -0.486 e. The van der Waals surface area contributed by atoms with Crippen LogP contribution in [-0.4, -0.2) is 77.6 Å². The lowest BCUT2D eigenvalue weighted by Gasteiger charge is -2.43. The number of benzene rings is 1. The fraction of sp³-hybridized carbons (Fsp3) is 0.706. The molecule has 4 aliphatic rings. The maximum Gasteiger partial charge on any atom is 0.249 e. The Kier molecular flexibility index (Phi) is 10.3. The first kappa shape index (κ1) is 31.0. The van der Waals surface area contributed by atoms with Gasteiger partial charge in [0.2, 0.25) is 11.8 Å². The molecule has 1 heterocycles. The summed E-state index contributed by atoms with van der Waals surface area (Å²) in [5, 5.41) is 24.0. The Morgan fingerprint density at radius 2 is 1.88 bits per heavy atom. The molecule has 2 saturated carbocycles. The summed E-state index contributed by atoms with van der Waals surface area (Å²) >= 11 is 0. The van der Waals surface area contributed by atoms with Crippen LogP contribution in [0.25, 0.3) is 0 Å². The molecule has 2 amide bonds. The van der Waals surface area contributed by atoms with Gasteiger partial charge in [-0.3, -0.25) is 9.59 Å². The second kappa shape index (κ2) is 13.9. The zero-order valence-electron chi connectivity index (χ0n) is 25.5. The van der Waals surface area contributed by atoms with Gasteiger partial charge in [-0.2, -0.15) is 0 Å². The molecular formula is C34H50N2O6. The Balaban J connectivity index is 1.43. The number of carbonyl (C=O) groups excluding carboxylic acids is 2. The number of ether oxygens (including phenoxy) is 2. The van der Waals surface area contributed by atoms with Gasteiger partial charge in [0.15, 0.2) is 0 Å². The van der Waals surface area contributed by atoms with Gasteiger partial charge in [-0.05, 0) is 61.5 Å². The molecule has 1 aliphatic heterocycles. The molecule has 0 bridgehead atoms. The number of para-hydroxylation sites is 1. The molecule has 1 aromatic carbocycles. The number of rotatable bonds is 10. The van der Waals surface area contributed by atoms with E-state index in [-0.39, 0.29) is 37.7 Å². The van der Waals surface area contributed by atoms with Crippen molar-refractivity contribution < 1.29 is 29.3 Å². The summed E-state index contributed by atoms with van der Waals surface area (Å²) in [6, 6.07) is 6.84. The summed E-state index contributed by atoms with van der Waals surface area (Å²) in [7, 11) is 0. The van der Waals surface area contributed by atoms with E-state index >= 15 is 0 Å². The van der Waals surface area contributed by atoms with Crippen molar-refractivity contribution in [2.45, 2.75) is 102 Å². The van der Waals surface area contributed by atoms with Crippen LogP contribution < -0.4 is 10.1 Å². The summed E-state index contributed by atoms with van der Waals surface area (Å²) in [6.07, 6.45) is 8.95. The lowest BCUT2D eigenvalue weighted by atomic mass is 9.75. The first-order chi connectivity index (χ1) is 20.3. The van der Waals surface area contributed by atoms with Crippen molar-refractivity contribution in [1.82, 2.24) is 10.2 Å². The maximum absolute atomic E-state index is 14.1. The van der Waals surface area contributed by atoms with Gasteiger partial charge < -0.3 is 29.9 Å². The number of carbonyl (C=O) groups is 2. The Morgan fingerprint density at radius 1 is 1.12 bits per heavy atom. The Hall–Kier alpha value is -2.42. The van der Waals surface area contributed by atoms with Gasteiger partial charge in [-0.1, -0.05) is 64.7 Å². The highest BCUT2D eigenvalue weighted by Crippen LogP contribution is 2.47. The van der Waals surface area contributed by atoms with Gasteiger partial charge >= 0.3 is 0 Å². The monoisotopic (exact) mass is 582 g/mol. The largest absolute Gasteiger partial charge is 0.486 e. The predicted molar refractivity (Wildman–Crippen MR) is 161 cm³/mol. The van der Waals surface area contributed by atoms with E-state index in [4.69, 9.17) is 9.47 Å². The second-order valence-corrected chi connectivity index (χ2v) is 13.4. The van der Waals surface area contributed by atoms with Crippen LogP contribution in [0.2, 0.25) is 0 Å².